The van der Waals surface area contributed by atoms with Crippen LogP contribution in [0.25, 0.3) is 10.9 Å². The Labute approximate surface area is 82.3 Å². The number of H-pyrrole nitrogens is 1. The Hall–Kier alpha value is -1.35. The third kappa shape index (κ3) is 1.06. The summed E-state index contributed by atoms with van der Waals surface area (Å²) in [6.07, 6.45) is 1.21. The van der Waals surface area contributed by atoms with E-state index in [1.165, 1.54) is 17.5 Å². The van der Waals surface area contributed by atoms with Crippen molar-refractivity contribution < 1.29 is 0 Å². The summed E-state index contributed by atoms with van der Waals surface area (Å²) >= 11 is 0. The van der Waals surface area contributed by atoms with Gasteiger partial charge in [-0.1, -0.05) is 18.2 Å². The van der Waals surface area contributed by atoms with Gasteiger partial charge in [0, 0.05) is 17.0 Å². The van der Waals surface area contributed by atoms with Gasteiger partial charge >= 0.3 is 0 Å². The molecule has 0 aliphatic heterocycles. The molecule has 1 aromatic heterocycles. The Balaban J connectivity index is 2.06. The number of nitrogens with zero attached hydrogens (tertiary/aromatic N) is 1. The number of hydrogen-bond donors (Lipinski definition) is 2. The van der Waals surface area contributed by atoms with Crippen molar-refractivity contribution in [1.29, 1.82) is 0 Å². The van der Waals surface area contributed by atoms with Crippen LogP contribution in [-0.2, 0) is 0 Å². The number of hydrogen-bond acceptors (Lipinski definition) is 2. The number of nitrogens with one attached hydrogen (secondary N) is 1. The van der Waals surface area contributed by atoms with Crippen LogP contribution in [0.3, 0.4) is 0 Å². The highest BCUT2D eigenvalue weighted by atomic mass is 15.1. The fourth-order valence-electron chi connectivity index (χ4n) is 2.12. The summed E-state index contributed by atoms with van der Waals surface area (Å²) in [7, 11) is 0. The smallest absolute Gasteiger partial charge is 0.0923 e. The van der Waals surface area contributed by atoms with Crippen molar-refractivity contribution in [3.63, 3.8) is 0 Å². The van der Waals surface area contributed by atoms with Gasteiger partial charge in [0.25, 0.3) is 0 Å². The minimum atomic E-state index is 0.618. The van der Waals surface area contributed by atoms with Crippen molar-refractivity contribution in [2.45, 2.75) is 12.3 Å². The quantitative estimate of drug-likeness (QED) is 0.750. The number of aromatic nitrogens is 2. The predicted octanol–water partition coefficient (Wildman–Crippen LogP) is 1.63. The van der Waals surface area contributed by atoms with Gasteiger partial charge in [-0.2, -0.15) is 5.10 Å². The Morgan fingerprint density at radius 3 is 3.07 bits per heavy atom. The molecule has 1 fully saturated rings. The molecule has 3 rings (SSSR count). The maximum Gasteiger partial charge on any atom is 0.0923 e. The normalized spacial score (nSPS) is 25.5. The highest BCUT2D eigenvalue weighted by Crippen LogP contribution is 2.47. The molecule has 14 heavy (non-hydrogen) atoms. The second kappa shape index (κ2) is 2.82. The second-order valence-corrected chi connectivity index (χ2v) is 3.99. The first-order chi connectivity index (χ1) is 6.90. The molecule has 3 N–H and O–H groups in total. The van der Waals surface area contributed by atoms with Gasteiger partial charge in [0.15, 0.2) is 0 Å². The fourth-order valence-corrected chi connectivity index (χ4v) is 2.12. The Morgan fingerprint density at radius 1 is 1.43 bits per heavy atom. The molecule has 0 amide bonds. The summed E-state index contributed by atoms with van der Waals surface area (Å²) in [5.74, 6) is 1.28. The lowest BCUT2D eigenvalue weighted by Gasteiger charge is -1.94. The zero-order valence-electron chi connectivity index (χ0n) is 7.90. The van der Waals surface area contributed by atoms with Gasteiger partial charge in [-0.15, -0.1) is 0 Å². The van der Waals surface area contributed by atoms with E-state index in [4.69, 9.17) is 5.73 Å². The van der Waals surface area contributed by atoms with Gasteiger partial charge in [0.05, 0.1) is 5.52 Å². The number of para-hydroxylation sites is 1. The zero-order valence-corrected chi connectivity index (χ0v) is 7.90. The molecule has 2 unspecified atom stereocenters. The third-order valence-electron chi connectivity index (χ3n) is 3.09. The standard InChI is InChI=1S/C11H13N3/c12-6-7-5-9(7)11-8-3-1-2-4-10(8)13-14-11/h1-4,7,9H,5-6,12H2,(H,13,14). The van der Waals surface area contributed by atoms with E-state index in [-0.39, 0.29) is 0 Å². The molecular weight excluding hydrogens is 174 g/mol. The maximum atomic E-state index is 5.64. The molecule has 1 saturated carbocycles. The van der Waals surface area contributed by atoms with Gasteiger partial charge in [0.2, 0.25) is 0 Å². The van der Waals surface area contributed by atoms with Crippen molar-refractivity contribution >= 4 is 10.9 Å². The average Bonchev–Trinajstić information content (AvgIpc) is 2.90. The van der Waals surface area contributed by atoms with Gasteiger partial charge < -0.3 is 5.73 Å². The molecular formula is C11H13N3. The van der Waals surface area contributed by atoms with Crippen LogP contribution in [0.1, 0.15) is 18.0 Å². The number of fused-ring (bicyclic) bond motifs is 1. The molecule has 1 heterocycles. The highest BCUT2D eigenvalue weighted by molar-refractivity contribution is 5.82. The monoisotopic (exact) mass is 187 g/mol. The van der Waals surface area contributed by atoms with E-state index in [1.807, 2.05) is 12.1 Å². The van der Waals surface area contributed by atoms with Crippen LogP contribution in [0.2, 0.25) is 0 Å². The summed E-state index contributed by atoms with van der Waals surface area (Å²) in [4.78, 5) is 0. The van der Waals surface area contributed by atoms with E-state index in [0.29, 0.717) is 11.8 Å². The van der Waals surface area contributed by atoms with E-state index >= 15 is 0 Å². The molecule has 0 saturated heterocycles. The van der Waals surface area contributed by atoms with Gasteiger partial charge in [-0.25, -0.2) is 0 Å². The topological polar surface area (TPSA) is 54.7 Å². The number of rotatable bonds is 2. The Kier molecular flexibility index (Phi) is 1.61. The lowest BCUT2D eigenvalue weighted by molar-refractivity contribution is 0.796. The molecule has 1 aliphatic carbocycles. The summed E-state index contributed by atoms with van der Waals surface area (Å²) in [5.41, 5.74) is 7.97. The number of nitrogens with two attached hydrogens (primary N) is 1. The van der Waals surface area contributed by atoms with Crippen LogP contribution < -0.4 is 5.73 Å². The molecule has 0 radical (unpaired) electrons. The van der Waals surface area contributed by atoms with E-state index in [1.54, 1.807) is 0 Å². The van der Waals surface area contributed by atoms with Crippen LogP contribution in [0.15, 0.2) is 24.3 Å². The molecule has 2 atom stereocenters. The van der Waals surface area contributed by atoms with Crippen LogP contribution in [0, 0.1) is 5.92 Å². The molecule has 0 bridgehead atoms. The van der Waals surface area contributed by atoms with Crippen molar-refractivity contribution in [1.82, 2.24) is 10.2 Å². The first kappa shape index (κ1) is 8.00. The molecule has 72 valence electrons. The molecule has 1 aliphatic rings. The molecule has 3 nitrogen and oxygen atoms in total. The number of aromatic amines is 1. The largest absolute Gasteiger partial charge is 0.330 e. The molecule has 0 spiro atoms. The van der Waals surface area contributed by atoms with Gasteiger partial charge in [-0.05, 0) is 24.9 Å². The first-order valence-corrected chi connectivity index (χ1v) is 5.03. The van der Waals surface area contributed by atoms with Crippen LogP contribution in [0.4, 0.5) is 0 Å². The lowest BCUT2D eigenvalue weighted by atomic mass is 10.1. The minimum Gasteiger partial charge on any atom is -0.330 e. The van der Waals surface area contributed by atoms with Crippen molar-refractivity contribution in [2.24, 2.45) is 11.7 Å². The minimum absolute atomic E-state index is 0.618. The Bertz CT molecular complexity index is 460. The zero-order chi connectivity index (χ0) is 9.54. The third-order valence-corrected chi connectivity index (χ3v) is 3.09. The van der Waals surface area contributed by atoms with E-state index in [9.17, 15) is 0 Å². The van der Waals surface area contributed by atoms with Crippen molar-refractivity contribution in [2.75, 3.05) is 6.54 Å². The van der Waals surface area contributed by atoms with Crippen LogP contribution in [-0.4, -0.2) is 16.7 Å². The Morgan fingerprint density at radius 2 is 2.29 bits per heavy atom. The first-order valence-electron chi connectivity index (χ1n) is 5.03. The van der Waals surface area contributed by atoms with Crippen molar-refractivity contribution in [3.05, 3.63) is 30.0 Å². The average molecular weight is 187 g/mol. The number of benzene rings is 1. The predicted molar refractivity (Wildman–Crippen MR) is 56.0 cm³/mol. The van der Waals surface area contributed by atoms with Crippen LogP contribution >= 0.6 is 0 Å². The summed E-state index contributed by atoms with van der Waals surface area (Å²) in [6.45, 7) is 0.790. The fraction of sp³-hybridized carbons (Fsp3) is 0.364. The molecule has 1 aromatic carbocycles. The SMILES string of the molecule is NCC1CC1c1[nH]nc2ccccc12. The molecule has 3 heteroatoms. The summed E-state index contributed by atoms with van der Waals surface area (Å²) < 4.78 is 0. The van der Waals surface area contributed by atoms with E-state index < -0.39 is 0 Å². The van der Waals surface area contributed by atoms with Crippen molar-refractivity contribution in [3.8, 4) is 0 Å². The second-order valence-electron chi connectivity index (χ2n) is 3.99. The molecule has 2 aromatic rings. The highest BCUT2D eigenvalue weighted by Gasteiger charge is 2.39. The van der Waals surface area contributed by atoms with Gasteiger partial charge in [0.1, 0.15) is 0 Å². The van der Waals surface area contributed by atoms with Crippen LogP contribution in [0.5, 0.6) is 0 Å². The van der Waals surface area contributed by atoms with E-state index in [2.05, 4.69) is 22.3 Å². The summed E-state index contributed by atoms with van der Waals surface area (Å²) in [6, 6.07) is 8.23. The lowest BCUT2D eigenvalue weighted by Crippen LogP contribution is -2.02. The van der Waals surface area contributed by atoms with Gasteiger partial charge in [-0.3, -0.25) is 5.10 Å². The summed E-state index contributed by atoms with van der Waals surface area (Å²) in [5, 5.41) is 8.68. The van der Waals surface area contributed by atoms with E-state index in [0.717, 1.165) is 12.1 Å². The maximum absolute atomic E-state index is 5.64.